The smallest absolute Gasteiger partial charge is 0.326 e. The lowest BCUT2D eigenvalue weighted by Gasteiger charge is -2.17. The molecule has 0 unspecified atom stereocenters. The van der Waals surface area contributed by atoms with Gasteiger partial charge in [-0.05, 0) is 89.6 Å². The molecule has 4 rings (SSSR count). The molecule has 42 heavy (non-hydrogen) atoms. The average Bonchev–Trinajstić information content (AvgIpc) is 2.97. The number of carbonyl (C=O) groups excluding carboxylic acids is 1. The average molecular weight is 589 g/mol. The summed E-state index contributed by atoms with van der Waals surface area (Å²) in [6, 6.07) is 16.9. The minimum atomic E-state index is -1.08. The van der Waals surface area contributed by atoms with Crippen molar-refractivity contribution in [2.24, 2.45) is 0 Å². The molecule has 1 amide bonds. The van der Waals surface area contributed by atoms with E-state index in [9.17, 15) is 23.5 Å². The fourth-order valence-corrected chi connectivity index (χ4v) is 4.85. The zero-order valence-electron chi connectivity index (χ0n) is 23.1. The lowest BCUT2D eigenvalue weighted by Crippen LogP contribution is -2.41. The summed E-state index contributed by atoms with van der Waals surface area (Å²) in [7, 11) is 0. The molecule has 0 saturated carbocycles. The van der Waals surface area contributed by atoms with Crippen LogP contribution >= 0.6 is 11.8 Å². The van der Waals surface area contributed by atoms with Crippen LogP contribution in [0, 0.1) is 18.6 Å². The quantitative estimate of drug-likeness (QED) is 0.185. The zero-order valence-corrected chi connectivity index (χ0v) is 24.0. The van der Waals surface area contributed by atoms with Crippen molar-refractivity contribution in [3.05, 3.63) is 119 Å². The molecule has 9 heteroatoms. The second kappa shape index (κ2) is 14.4. The Morgan fingerprint density at radius 1 is 1.02 bits per heavy atom. The van der Waals surface area contributed by atoms with Crippen LogP contribution in [0.4, 0.5) is 8.78 Å². The van der Waals surface area contributed by atoms with E-state index in [2.05, 4.69) is 10.3 Å². The first kappa shape index (κ1) is 30.5. The third kappa shape index (κ3) is 8.04. The first-order valence-electron chi connectivity index (χ1n) is 13.2. The standard InChI is InChI=1S/C33H30F2N2O4S/c1-21-5-3-4-6-27(21)29-17-22(8-10-28(29)32(38)37-30(33(39)40)12-14-42-2)7-9-24-19-36-13-11-31(24)41-20-23-15-25(34)18-26(35)16-23/h3-11,13,15-19,30H,12,14,20H2,1-2H3,(H,37,38)(H,39,40)/t30-/m0/s1. The van der Waals surface area contributed by atoms with Gasteiger partial charge in [-0.15, -0.1) is 0 Å². The van der Waals surface area contributed by atoms with Crippen molar-refractivity contribution in [3.8, 4) is 16.9 Å². The minimum absolute atomic E-state index is 0.0327. The van der Waals surface area contributed by atoms with Gasteiger partial charge in [-0.3, -0.25) is 9.78 Å². The highest BCUT2D eigenvalue weighted by Crippen LogP contribution is 2.30. The maximum absolute atomic E-state index is 13.6. The van der Waals surface area contributed by atoms with Crippen LogP contribution in [-0.4, -0.2) is 40.0 Å². The van der Waals surface area contributed by atoms with Crippen LogP contribution in [0.5, 0.6) is 5.75 Å². The Morgan fingerprint density at radius 2 is 1.79 bits per heavy atom. The highest BCUT2D eigenvalue weighted by molar-refractivity contribution is 7.98. The fourth-order valence-electron chi connectivity index (χ4n) is 4.38. The topological polar surface area (TPSA) is 88.5 Å². The molecule has 2 N–H and O–H groups in total. The Bertz CT molecular complexity index is 1590. The lowest BCUT2D eigenvalue weighted by molar-refractivity contribution is -0.139. The Balaban J connectivity index is 1.62. The molecule has 0 aliphatic rings. The van der Waals surface area contributed by atoms with Crippen LogP contribution in [0.15, 0.2) is 79.1 Å². The zero-order chi connectivity index (χ0) is 30.1. The van der Waals surface area contributed by atoms with Gasteiger partial charge in [-0.2, -0.15) is 11.8 Å². The molecule has 1 atom stereocenters. The Kier molecular flexibility index (Phi) is 10.4. The number of nitrogens with one attached hydrogen (secondary N) is 1. The summed E-state index contributed by atoms with van der Waals surface area (Å²) >= 11 is 1.52. The van der Waals surface area contributed by atoms with E-state index in [1.54, 1.807) is 36.7 Å². The van der Waals surface area contributed by atoms with Crippen molar-refractivity contribution in [3.63, 3.8) is 0 Å². The number of thioether (sulfide) groups is 1. The predicted octanol–water partition coefficient (Wildman–Crippen LogP) is 7.02. The molecule has 0 fully saturated rings. The van der Waals surface area contributed by atoms with Crippen LogP contribution in [0.3, 0.4) is 0 Å². The number of ether oxygens (including phenoxy) is 1. The number of pyridine rings is 1. The Hall–Kier alpha value is -4.50. The number of benzene rings is 3. The summed E-state index contributed by atoms with van der Waals surface area (Å²) in [6.45, 7) is 1.91. The van der Waals surface area contributed by atoms with Gasteiger partial charge in [-0.25, -0.2) is 13.6 Å². The fraction of sp³-hybridized carbons (Fsp3) is 0.182. The van der Waals surface area contributed by atoms with E-state index in [-0.39, 0.29) is 6.61 Å². The monoisotopic (exact) mass is 588 g/mol. The molecular weight excluding hydrogens is 558 g/mol. The summed E-state index contributed by atoms with van der Waals surface area (Å²) < 4.78 is 33.0. The van der Waals surface area contributed by atoms with E-state index in [0.29, 0.717) is 40.2 Å². The number of carboxylic acid groups (broad SMARTS) is 1. The lowest BCUT2D eigenvalue weighted by atomic mass is 9.93. The molecule has 3 aromatic carbocycles. The summed E-state index contributed by atoms with van der Waals surface area (Å²) in [6.07, 6.45) is 9.01. The van der Waals surface area contributed by atoms with Crippen LogP contribution < -0.4 is 10.1 Å². The van der Waals surface area contributed by atoms with Gasteiger partial charge in [0.2, 0.25) is 0 Å². The molecule has 0 saturated heterocycles. The first-order valence-corrected chi connectivity index (χ1v) is 14.6. The van der Waals surface area contributed by atoms with Gasteiger partial charge < -0.3 is 15.2 Å². The molecule has 0 spiro atoms. The summed E-state index contributed by atoms with van der Waals surface area (Å²) in [5, 5.41) is 12.3. The molecule has 0 radical (unpaired) electrons. The molecule has 1 heterocycles. The largest absolute Gasteiger partial charge is 0.488 e. The SMILES string of the molecule is CSCC[C@H](NC(=O)c1ccc(C=Cc2cnccc2OCc2cc(F)cc(F)c2)cc1-c1ccccc1C)C(=O)O. The minimum Gasteiger partial charge on any atom is -0.488 e. The van der Waals surface area contributed by atoms with Crippen molar-refractivity contribution >= 4 is 35.8 Å². The van der Waals surface area contributed by atoms with E-state index < -0.39 is 29.6 Å². The second-order valence-corrected chi connectivity index (χ2v) is 10.6. The van der Waals surface area contributed by atoms with E-state index >= 15 is 0 Å². The Labute approximate surface area is 247 Å². The molecule has 0 bridgehead atoms. The van der Waals surface area contributed by atoms with Crippen molar-refractivity contribution < 1.29 is 28.2 Å². The van der Waals surface area contributed by atoms with Crippen LogP contribution in [0.2, 0.25) is 0 Å². The molecular formula is C33H30F2N2O4S. The number of amides is 1. The molecule has 0 aliphatic heterocycles. The van der Waals surface area contributed by atoms with Crippen LogP contribution in [-0.2, 0) is 11.4 Å². The predicted molar refractivity (Wildman–Crippen MR) is 162 cm³/mol. The summed E-state index contributed by atoms with van der Waals surface area (Å²) in [5.74, 6) is -1.82. The number of nitrogens with zero attached hydrogens (tertiary/aromatic N) is 1. The molecule has 4 aromatic rings. The second-order valence-electron chi connectivity index (χ2n) is 9.58. The number of carboxylic acids is 1. The van der Waals surface area contributed by atoms with Gasteiger partial charge in [-0.1, -0.05) is 36.4 Å². The van der Waals surface area contributed by atoms with Gasteiger partial charge in [0.15, 0.2) is 0 Å². The highest BCUT2D eigenvalue weighted by Gasteiger charge is 2.22. The maximum Gasteiger partial charge on any atom is 0.326 e. The molecule has 216 valence electrons. The summed E-state index contributed by atoms with van der Waals surface area (Å²) in [5.41, 5.74) is 4.62. The number of aromatic nitrogens is 1. The first-order chi connectivity index (χ1) is 20.2. The van der Waals surface area contributed by atoms with Gasteiger partial charge in [0.25, 0.3) is 5.91 Å². The van der Waals surface area contributed by atoms with E-state index in [0.717, 1.165) is 22.8 Å². The van der Waals surface area contributed by atoms with Crippen molar-refractivity contribution in [2.75, 3.05) is 12.0 Å². The van der Waals surface area contributed by atoms with E-state index in [1.807, 2.05) is 49.6 Å². The third-order valence-electron chi connectivity index (χ3n) is 6.52. The number of rotatable bonds is 12. The van der Waals surface area contributed by atoms with Crippen LogP contribution in [0.25, 0.3) is 23.3 Å². The normalized spacial score (nSPS) is 11.8. The van der Waals surface area contributed by atoms with Gasteiger partial charge in [0.05, 0.1) is 0 Å². The van der Waals surface area contributed by atoms with E-state index in [1.165, 1.54) is 23.9 Å². The van der Waals surface area contributed by atoms with Crippen molar-refractivity contribution in [1.82, 2.24) is 10.3 Å². The van der Waals surface area contributed by atoms with E-state index in [4.69, 9.17) is 4.74 Å². The number of hydrogen-bond acceptors (Lipinski definition) is 5. The molecule has 1 aromatic heterocycles. The molecule has 6 nitrogen and oxygen atoms in total. The van der Waals surface area contributed by atoms with Gasteiger partial charge in [0, 0.05) is 29.6 Å². The Morgan fingerprint density at radius 3 is 2.50 bits per heavy atom. The van der Waals surface area contributed by atoms with Crippen molar-refractivity contribution in [1.29, 1.82) is 0 Å². The molecule has 0 aliphatic carbocycles. The van der Waals surface area contributed by atoms with Crippen LogP contribution in [0.1, 0.15) is 39.0 Å². The number of halogens is 2. The third-order valence-corrected chi connectivity index (χ3v) is 7.16. The highest BCUT2D eigenvalue weighted by atomic mass is 32.2. The van der Waals surface area contributed by atoms with Crippen molar-refractivity contribution in [2.45, 2.75) is 26.0 Å². The number of hydrogen-bond donors (Lipinski definition) is 2. The maximum atomic E-state index is 13.6. The number of aliphatic carboxylic acids is 1. The van der Waals surface area contributed by atoms with Gasteiger partial charge in [0.1, 0.15) is 30.0 Å². The van der Waals surface area contributed by atoms with Gasteiger partial charge >= 0.3 is 5.97 Å². The number of carbonyl (C=O) groups is 2. The number of aryl methyl sites for hydroxylation is 1. The summed E-state index contributed by atoms with van der Waals surface area (Å²) in [4.78, 5) is 29.2.